The van der Waals surface area contributed by atoms with Gasteiger partial charge in [-0.3, -0.25) is 14.5 Å². The maximum Gasteiger partial charge on any atom is 0.266 e. The molecule has 1 atom stereocenters. The van der Waals surface area contributed by atoms with E-state index >= 15 is 0 Å². The van der Waals surface area contributed by atoms with Crippen LogP contribution in [0.3, 0.4) is 0 Å². The molecule has 0 bridgehead atoms. The van der Waals surface area contributed by atoms with E-state index in [1.807, 2.05) is 60.7 Å². The van der Waals surface area contributed by atoms with Crippen molar-refractivity contribution in [2.24, 2.45) is 0 Å². The fourth-order valence-corrected chi connectivity index (χ4v) is 4.28. The van der Waals surface area contributed by atoms with Crippen LogP contribution < -0.4 is 5.32 Å². The lowest BCUT2D eigenvalue weighted by Crippen LogP contribution is -2.41. The molecule has 1 heterocycles. The number of carbonyl (C=O) groups excluding carboxylic acids is 2. The van der Waals surface area contributed by atoms with Gasteiger partial charge in [-0.1, -0.05) is 84.6 Å². The summed E-state index contributed by atoms with van der Waals surface area (Å²) in [6, 6.07) is 18.9. The topological polar surface area (TPSA) is 69.6 Å². The summed E-state index contributed by atoms with van der Waals surface area (Å²) in [6.07, 6.45) is 2.47. The number of rotatable bonds is 8. The second-order valence-electron chi connectivity index (χ2n) is 6.63. The number of hydrogen-bond acceptors (Lipinski definition) is 5. The number of benzene rings is 2. The predicted octanol–water partition coefficient (Wildman–Crippen LogP) is 3.00. The van der Waals surface area contributed by atoms with Crippen molar-refractivity contribution in [3.63, 3.8) is 0 Å². The van der Waals surface area contributed by atoms with Crippen LogP contribution in [0.5, 0.6) is 0 Å². The summed E-state index contributed by atoms with van der Waals surface area (Å²) in [5, 5.41) is 12.4. The van der Waals surface area contributed by atoms with Crippen LogP contribution in [0.25, 0.3) is 6.08 Å². The van der Waals surface area contributed by atoms with Crippen molar-refractivity contribution in [2.45, 2.75) is 18.9 Å². The average molecular weight is 427 g/mol. The van der Waals surface area contributed by atoms with Gasteiger partial charge in [0.15, 0.2) is 0 Å². The first kappa shape index (κ1) is 21.2. The second-order valence-corrected chi connectivity index (χ2v) is 8.31. The van der Waals surface area contributed by atoms with Gasteiger partial charge in [0.05, 0.1) is 17.6 Å². The van der Waals surface area contributed by atoms with Gasteiger partial charge in [0.25, 0.3) is 5.91 Å². The molecule has 0 spiro atoms. The summed E-state index contributed by atoms with van der Waals surface area (Å²) in [5.41, 5.74) is 1.97. The van der Waals surface area contributed by atoms with Crippen molar-refractivity contribution in [1.29, 1.82) is 0 Å². The van der Waals surface area contributed by atoms with E-state index < -0.39 is 0 Å². The van der Waals surface area contributed by atoms with E-state index in [9.17, 15) is 14.7 Å². The van der Waals surface area contributed by atoms with Crippen LogP contribution in [0.4, 0.5) is 0 Å². The number of hydrogen-bond donors (Lipinski definition) is 2. The van der Waals surface area contributed by atoms with Crippen LogP contribution >= 0.6 is 24.0 Å². The summed E-state index contributed by atoms with van der Waals surface area (Å²) in [6.45, 7) is 0.0631. The van der Waals surface area contributed by atoms with Gasteiger partial charge in [-0.05, 0) is 23.6 Å². The molecule has 2 N–H and O–H groups in total. The van der Waals surface area contributed by atoms with Gasteiger partial charge in [0.1, 0.15) is 4.32 Å². The molecule has 150 valence electrons. The van der Waals surface area contributed by atoms with Gasteiger partial charge in [-0.25, -0.2) is 0 Å². The molecule has 0 radical (unpaired) electrons. The summed E-state index contributed by atoms with van der Waals surface area (Å²) in [7, 11) is 0. The van der Waals surface area contributed by atoms with E-state index in [0.717, 1.165) is 11.1 Å². The Labute approximate surface area is 179 Å². The van der Waals surface area contributed by atoms with E-state index in [2.05, 4.69) is 5.32 Å². The molecule has 2 amide bonds. The maximum absolute atomic E-state index is 12.6. The fourth-order valence-electron chi connectivity index (χ4n) is 2.97. The van der Waals surface area contributed by atoms with Gasteiger partial charge in [-0.2, -0.15) is 0 Å². The van der Waals surface area contributed by atoms with Gasteiger partial charge in [0, 0.05) is 13.0 Å². The van der Waals surface area contributed by atoms with Crippen molar-refractivity contribution >= 4 is 46.2 Å². The van der Waals surface area contributed by atoms with Gasteiger partial charge < -0.3 is 10.4 Å². The smallest absolute Gasteiger partial charge is 0.266 e. The third-order valence-corrected chi connectivity index (χ3v) is 5.82. The standard InChI is InChI=1S/C22H22N2O3S2/c25-15-18(13-16-7-3-1-4-8-16)23-20(26)11-12-24-21(27)19(29-22(24)28)14-17-9-5-2-6-10-17/h1-10,14,18,25H,11-13,15H2,(H,23,26)/b19-14+/t18-/m1/s1. The molecule has 0 aliphatic carbocycles. The third kappa shape index (κ3) is 6.00. The van der Waals surface area contributed by atoms with Crippen molar-refractivity contribution in [3.8, 4) is 0 Å². The predicted molar refractivity (Wildman–Crippen MR) is 120 cm³/mol. The van der Waals surface area contributed by atoms with Gasteiger partial charge in [0.2, 0.25) is 5.91 Å². The Hall–Kier alpha value is -2.48. The number of aliphatic hydroxyl groups is 1. The fraction of sp³-hybridized carbons (Fsp3) is 0.227. The molecule has 29 heavy (non-hydrogen) atoms. The minimum absolute atomic E-state index is 0.121. The SMILES string of the molecule is O=C(CCN1C(=O)/C(=C\c2ccccc2)SC1=S)N[C@@H](CO)Cc1ccccc1. The molecule has 0 saturated carbocycles. The summed E-state index contributed by atoms with van der Waals surface area (Å²) >= 11 is 6.56. The van der Waals surface area contributed by atoms with Crippen molar-refractivity contribution in [3.05, 3.63) is 76.7 Å². The summed E-state index contributed by atoms with van der Waals surface area (Å²) in [5.74, 6) is -0.402. The molecule has 3 rings (SSSR count). The van der Waals surface area contributed by atoms with Crippen LogP contribution in [-0.4, -0.2) is 45.3 Å². The maximum atomic E-state index is 12.6. The molecule has 7 heteroatoms. The highest BCUT2D eigenvalue weighted by atomic mass is 32.2. The number of nitrogens with zero attached hydrogens (tertiary/aromatic N) is 1. The molecular weight excluding hydrogens is 404 g/mol. The zero-order valence-electron chi connectivity index (χ0n) is 15.8. The molecule has 1 saturated heterocycles. The lowest BCUT2D eigenvalue weighted by Gasteiger charge is -2.18. The molecule has 2 aromatic rings. The molecular formula is C22H22N2O3S2. The van der Waals surface area contributed by atoms with E-state index in [4.69, 9.17) is 12.2 Å². The first-order chi connectivity index (χ1) is 14.1. The lowest BCUT2D eigenvalue weighted by atomic mass is 10.1. The van der Waals surface area contributed by atoms with Crippen molar-refractivity contribution < 1.29 is 14.7 Å². The van der Waals surface area contributed by atoms with Crippen LogP contribution in [0.15, 0.2) is 65.6 Å². The molecule has 0 aromatic heterocycles. The Balaban J connectivity index is 1.53. The van der Waals surface area contributed by atoms with Crippen LogP contribution in [0.2, 0.25) is 0 Å². The lowest BCUT2D eigenvalue weighted by molar-refractivity contribution is -0.124. The Morgan fingerprint density at radius 3 is 2.45 bits per heavy atom. The summed E-state index contributed by atoms with van der Waals surface area (Å²) in [4.78, 5) is 27.0. The average Bonchev–Trinajstić information content (AvgIpc) is 3.00. The van der Waals surface area contributed by atoms with Crippen LogP contribution in [0.1, 0.15) is 17.5 Å². The van der Waals surface area contributed by atoms with E-state index in [1.54, 1.807) is 6.08 Å². The van der Waals surface area contributed by atoms with Gasteiger partial charge in [-0.15, -0.1) is 0 Å². The Bertz CT molecular complexity index is 901. The first-order valence-corrected chi connectivity index (χ1v) is 10.5. The number of thioether (sulfide) groups is 1. The van der Waals surface area contributed by atoms with Crippen molar-refractivity contribution in [2.75, 3.05) is 13.2 Å². The summed E-state index contributed by atoms with van der Waals surface area (Å²) < 4.78 is 0.452. The highest BCUT2D eigenvalue weighted by Crippen LogP contribution is 2.32. The van der Waals surface area contributed by atoms with E-state index in [-0.39, 0.29) is 37.4 Å². The Kier molecular flexibility index (Phi) is 7.57. The third-order valence-electron chi connectivity index (χ3n) is 4.44. The zero-order valence-corrected chi connectivity index (χ0v) is 17.4. The highest BCUT2D eigenvalue weighted by molar-refractivity contribution is 8.26. The molecule has 2 aromatic carbocycles. The number of nitrogens with one attached hydrogen (secondary N) is 1. The Morgan fingerprint density at radius 2 is 1.79 bits per heavy atom. The molecule has 5 nitrogen and oxygen atoms in total. The normalized spacial score (nSPS) is 16.3. The largest absolute Gasteiger partial charge is 0.394 e. The zero-order chi connectivity index (χ0) is 20.6. The highest BCUT2D eigenvalue weighted by Gasteiger charge is 2.32. The number of amides is 2. The number of thiocarbonyl (C=S) groups is 1. The van der Waals surface area contributed by atoms with E-state index in [0.29, 0.717) is 15.6 Å². The molecule has 1 fully saturated rings. The first-order valence-electron chi connectivity index (χ1n) is 9.31. The van der Waals surface area contributed by atoms with Crippen LogP contribution in [-0.2, 0) is 16.0 Å². The number of aliphatic hydroxyl groups excluding tert-OH is 1. The Morgan fingerprint density at radius 1 is 1.14 bits per heavy atom. The monoisotopic (exact) mass is 426 g/mol. The second kappa shape index (κ2) is 10.3. The molecule has 1 aliphatic rings. The van der Waals surface area contributed by atoms with E-state index in [1.165, 1.54) is 16.7 Å². The van der Waals surface area contributed by atoms with Crippen LogP contribution in [0, 0.1) is 0 Å². The quantitative estimate of drug-likeness (QED) is 0.502. The minimum atomic E-state index is -0.367. The molecule has 1 aliphatic heterocycles. The minimum Gasteiger partial charge on any atom is -0.394 e. The van der Waals surface area contributed by atoms with Crippen molar-refractivity contribution in [1.82, 2.24) is 10.2 Å². The molecule has 0 unspecified atom stereocenters. The van der Waals surface area contributed by atoms with Gasteiger partial charge >= 0.3 is 0 Å². The number of carbonyl (C=O) groups is 2.